The third-order valence-corrected chi connectivity index (χ3v) is 5.17. The van der Waals surface area contributed by atoms with E-state index in [2.05, 4.69) is 4.98 Å². The zero-order valence-electron chi connectivity index (χ0n) is 11.2. The van der Waals surface area contributed by atoms with Crippen LogP contribution in [-0.2, 0) is 9.84 Å². The number of pyridine rings is 1. The van der Waals surface area contributed by atoms with Crippen LogP contribution >= 0.6 is 0 Å². The zero-order valence-corrected chi connectivity index (χ0v) is 12.0. The molecule has 1 aliphatic rings. The van der Waals surface area contributed by atoms with Crippen molar-refractivity contribution < 1.29 is 18.1 Å². The molecule has 1 saturated heterocycles. The molecule has 0 bridgehead atoms. The van der Waals surface area contributed by atoms with Crippen molar-refractivity contribution in [1.29, 1.82) is 0 Å². The highest BCUT2D eigenvalue weighted by Gasteiger charge is 2.34. The SMILES string of the molecule is CN(C(=O)c1cc([N+](=O)[O-])cnc1N)C1CCS(=O)(=O)C1. The highest BCUT2D eigenvalue weighted by molar-refractivity contribution is 7.91. The van der Waals surface area contributed by atoms with E-state index in [0.717, 1.165) is 12.3 Å². The summed E-state index contributed by atoms with van der Waals surface area (Å²) < 4.78 is 22.9. The Labute approximate surface area is 120 Å². The quantitative estimate of drug-likeness (QED) is 0.604. The average molecular weight is 314 g/mol. The fourth-order valence-corrected chi connectivity index (χ4v) is 3.95. The Kier molecular flexibility index (Phi) is 3.81. The number of hydrogen-bond donors (Lipinski definition) is 1. The fraction of sp³-hybridized carbons (Fsp3) is 0.455. The van der Waals surface area contributed by atoms with Crippen molar-refractivity contribution in [3.05, 3.63) is 27.9 Å². The Balaban J connectivity index is 2.27. The van der Waals surface area contributed by atoms with Crippen molar-refractivity contribution in [1.82, 2.24) is 9.88 Å². The van der Waals surface area contributed by atoms with Gasteiger partial charge in [0.25, 0.3) is 11.6 Å². The summed E-state index contributed by atoms with van der Waals surface area (Å²) in [6.07, 6.45) is 1.30. The molecule has 1 unspecified atom stereocenters. The number of nitrogens with two attached hydrogens (primary N) is 1. The summed E-state index contributed by atoms with van der Waals surface area (Å²) >= 11 is 0. The van der Waals surface area contributed by atoms with Crippen LogP contribution in [-0.4, -0.2) is 53.7 Å². The van der Waals surface area contributed by atoms with Crippen molar-refractivity contribution in [2.24, 2.45) is 0 Å². The summed E-state index contributed by atoms with van der Waals surface area (Å²) in [5.74, 6) is -0.792. The minimum absolute atomic E-state index is 0.0258. The van der Waals surface area contributed by atoms with Gasteiger partial charge in [-0.3, -0.25) is 14.9 Å². The van der Waals surface area contributed by atoms with Crippen LogP contribution in [0.5, 0.6) is 0 Å². The predicted octanol–water partition coefficient (Wildman–Crippen LogP) is -0.169. The molecule has 2 N–H and O–H groups in total. The van der Waals surface area contributed by atoms with Gasteiger partial charge in [0.15, 0.2) is 9.84 Å². The van der Waals surface area contributed by atoms with Gasteiger partial charge < -0.3 is 10.6 Å². The monoisotopic (exact) mass is 314 g/mol. The lowest BCUT2D eigenvalue weighted by Crippen LogP contribution is -2.38. The van der Waals surface area contributed by atoms with Gasteiger partial charge in [-0.05, 0) is 6.42 Å². The molecular weight excluding hydrogens is 300 g/mol. The van der Waals surface area contributed by atoms with Gasteiger partial charge in [0.1, 0.15) is 12.0 Å². The molecule has 1 fully saturated rings. The first-order chi connectivity index (χ1) is 9.71. The molecule has 2 heterocycles. The maximum Gasteiger partial charge on any atom is 0.288 e. The van der Waals surface area contributed by atoms with E-state index in [1.165, 1.54) is 11.9 Å². The number of aromatic nitrogens is 1. The summed E-state index contributed by atoms with van der Waals surface area (Å²) in [5, 5.41) is 10.7. The van der Waals surface area contributed by atoms with Crippen LogP contribution in [0.3, 0.4) is 0 Å². The lowest BCUT2D eigenvalue weighted by atomic mass is 10.1. The fourth-order valence-electron chi connectivity index (χ4n) is 2.17. The van der Waals surface area contributed by atoms with Gasteiger partial charge in [-0.25, -0.2) is 13.4 Å². The summed E-state index contributed by atoms with van der Waals surface area (Å²) in [7, 11) is -1.69. The van der Waals surface area contributed by atoms with E-state index >= 15 is 0 Å². The van der Waals surface area contributed by atoms with Gasteiger partial charge in [-0.1, -0.05) is 0 Å². The Morgan fingerprint density at radius 2 is 2.24 bits per heavy atom. The number of carbonyl (C=O) groups excluding carboxylic acids is 1. The van der Waals surface area contributed by atoms with E-state index in [-0.39, 0.29) is 28.6 Å². The molecule has 10 heteroatoms. The molecule has 0 spiro atoms. The summed E-state index contributed by atoms with van der Waals surface area (Å²) in [6, 6.07) is 0.589. The van der Waals surface area contributed by atoms with Crippen molar-refractivity contribution in [3.63, 3.8) is 0 Å². The van der Waals surface area contributed by atoms with Crippen molar-refractivity contribution in [2.75, 3.05) is 24.3 Å². The molecule has 1 aromatic rings. The Morgan fingerprint density at radius 3 is 2.76 bits per heavy atom. The normalized spacial score (nSPS) is 20.1. The molecule has 21 heavy (non-hydrogen) atoms. The van der Waals surface area contributed by atoms with Crippen LogP contribution in [0.15, 0.2) is 12.3 Å². The third kappa shape index (κ3) is 3.10. The maximum atomic E-state index is 12.3. The molecule has 1 aromatic heterocycles. The number of nitro groups is 1. The second-order valence-electron chi connectivity index (χ2n) is 4.86. The van der Waals surface area contributed by atoms with Gasteiger partial charge in [-0.15, -0.1) is 0 Å². The number of anilines is 1. The summed E-state index contributed by atoms with van der Waals surface area (Å²) in [4.78, 5) is 27.2. The standard InChI is InChI=1S/C11H14N4O5S/c1-14(7-2-3-21(19,20)6-7)11(16)9-4-8(15(17)18)5-13-10(9)12/h4-5,7H,2-3,6H2,1H3,(H2,12,13). The number of nitrogens with zero attached hydrogens (tertiary/aromatic N) is 3. The van der Waals surface area contributed by atoms with Crippen LogP contribution in [0.2, 0.25) is 0 Å². The molecule has 0 saturated carbocycles. The van der Waals surface area contributed by atoms with Crippen LogP contribution in [0.4, 0.5) is 11.5 Å². The molecule has 2 rings (SSSR count). The van der Waals surface area contributed by atoms with E-state index in [9.17, 15) is 23.3 Å². The number of amides is 1. The summed E-state index contributed by atoms with van der Waals surface area (Å²) in [5.41, 5.74) is 5.13. The van der Waals surface area contributed by atoms with Crippen molar-refractivity contribution in [3.8, 4) is 0 Å². The molecule has 1 atom stereocenters. The van der Waals surface area contributed by atoms with E-state index in [1.54, 1.807) is 0 Å². The number of rotatable bonds is 3. The highest BCUT2D eigenvalue weighted by atomic mass is 32.2. The van der Waals surface area contributed by atoms with Crippen LogP contribution in [0, 0.1) is 10.1 Å². The van der Waals surface area contributed by atoms with Crippen molar-refractivity contribution in [2.45, 2.75) is 12.5 Å². The summed E-state index contributed by atoms with van der Waals surface area (Å²) in [6.45, 7) is 0. The smallest absolute Gasteiger partial charge is 0.288 e. The molecule has 9 nitrogen and oxygen atoms in total. The molecular formula is C11H14N4O5S. The maximum absolute atomic E-state index is 12.3. The topological polar surface area (TPSA) is 136 Å². The number of hydrogen-bond acceptors (Lipinski definition) is 7. The van der Waals surface area contributed by atoms with E-state index < -0.39 is 26.7 Å². The van der Waals surface area contributed by atoms with Gasteiger partial charge >= 0.3 is 0 Å². The van der Waals surface area contributed by atoms with E-state index in [4.69, 9.17) is 5.73 Å². The molecule has 1 aliphatic heterocycles. The Morgan fingerprint density at radius 1 is 1.57 bits per heavy atom. The van der Waals surface area contributed by atoms with Crippen molar-refractivity contribution >= 4 is 27.2 Å². The van der Waals surface area contributed by atoms with Gasteiger partial charge in [-0.2, -0.15) is 0 Å². The molecule has 0 radical (unpaired) electrons. The molecule has 1 amide bonds. The predicted molar refractivity (Wildman–Crippen MR) is 74.5 cm³/mol. The van der Waals surface area contributed by atoms with Crippen LogP contribution in [0.25, 0.3) is 0 Å². The zero-order chi connectivity index (χ0) is 15.8. The van der Waals surface area contributed by atoms with Gasteiger partial charge in [0.05, 0.1) is 22.0 Å². The van der Waals surface area contributed by atoms with Gasteiger partial charge in [0.2, 0.25) is 0 Å². The largest absolute Gasteiger partial charge is 0.383 e. The minimum Gasteiger partial charge on any atom is -0.383 e. The number of sulfone groups is 1. The molecule has 0 aromatic carbocycles. The lowest BCUT2D eigenvalue weighted by molar-refractivity contribution is -0.385. The minimum atomic E-state index is -3.14. The van der Waals surface area contributed by atoms with Crippen LogP contribution < -0.4 is 5.73 Å². The number of carbonyl (C=O) groups is 1. The lowest BCUT2D eigenvalue weighted by Gasteiger charge is -2.23. The highest BCUT2D eigenvalue weighted by Crippen LogP contribution is 2.22. The number of nitrogen functional groups attached to an aromatic ring is 1. The Hall–Kier alpha value is -2.23. The van der Waals surface area contributed by atoms with E-state index in [0.29, 0.717) is 6.42 Å². The second kappa shape index (κ2) is 5.28. The first-order valence-corrected chi connectivity index (χ1v) is 7.91. The van der Waals surface area contributed by atoms with E-state index in [1.807, 2.05) is 0 Å². The Bertz CT molecular complexity index is 703. The van der Waals surface area contributed by atoms with Crippen LogP contribution in [0.1, 0.15) is 16.8 Å². The first kappa shape index (κ1) is 15.2. The third-order valence-electron chi connectivity index (χ3n) is 3.42. The van der Waals surface area contributed by atoms with Gasteiger partial charge in [0, 0.05) is 19.2 Å². The molecule has 114 valence electrons. The average Bonchev–Trinajstić information content (AvgIpc) is 2.77. The molecule has 0 aliphatic carbocycles. The second-order valence-corrected chi connectivity index (χ2v) is 7.09. The first-order valence-electron chi connectivity index (χ1n) is 6.09.